The summed E-state index contributed by atoms with van der Waals surface area (Å²) < 4.78 is 13.0. The topological polar surface area (TPSA) is 209 Å². The number of nitrogens with two attached hydrogens (primary N) is 1. The van der Waals surface area contributed by atoms with E-state index in [1.54, 1.807) is 0 Å². The molecule has 0 radical (unpaired) electrons. The van der Waals surface area contributed by atoms with E-state index in [-0.39, 0.29) is 12.8 Å². The Bertz CT molecular complexity index is 674. The molecule has 1 aliphatic carbocycles. The first-order chi connectivity index (χ1) is 11.5. The standard InChI is InChI=1S/C11H21N3O9P2/c12-5-8(15)10(23-17)2-1-9(10)24(18,19)11(16,25(20,21)22)6-14-4-3-13-7-14/h3-4,7,9,16-19,24H,1-2,5-6,12H2,(H2,20,21,22). The molecule has 0 amide bonds. The van der Waals surface area contributed by atoms with Crippen molar-refractivity contribution in [2.24, 2.45) is 5.73 Å². The number of aliphatic hydroxyl groups is 1. The molecule has 14 heteroatoms. The molecule has 3 unspecified atom stereocenters. The van der Waals surface area contributed by atoms with Gasteiger partial charge in [0, 0.05) is 0 Å². The van der Waals surface area contributed by atoms with Crippen LogP contribution in [0.3, 0.4) is 0 Å². The molecule has 1 heterocycles. The number of ketones is 1. The van der Waals surface area contributed by atoms with E-state index in [0.29, 0.717) is 0 Å². The summed E-state index contributed by atoms with van der Waals surface area (Å²) in [6.45, 7) is -1.48. The van der Waals surface area contributed by atoms with Crippen molar-refractivity contribution < 1.29 is 44.2 Å². The Kier molecular flexibility index (Phi) is 5.54. The third kappa shape index (κ3) is 3.08. The van der Waals surface area contributed by atoms with Crippen LogP contribution >= 0.6 is 15.3 Å². The number of rotatable bonds is 8. The summed E-state index contributed by atoms with van der Waals surface area (Å²) in [6.07, 6.45) is 3.39. The summed E-state index contributed by atoms with van der Waals surface area (Å²) in [5.74, 6) is -0.873. The Labute approximate surface area is 142 Å². The fraction of sp³-hybridized carbons (Fsp3) is 0.636. The van der Waals surface area contributed by atoms with Gasteiger partial charge < -0.3 is 0 Å². The molecule has 144 valence electrons. The first-order valence-electron chi connectivity index (χ1n) is 7.20. The normalized spacial score (nSPS) is 27.4. The zero-order chi connectivity index (χ0) is 19.1. The maximum absolute atomic E-state index is 12.0. The van der Waals surface area contributed by atoms with Crippen LogP contribution in [0.1, 0.15) is 12.8 Å². The van der Waals surface area contributed by atoms with E-state index in [1.165, 1.54) is 12.4 Å². The van der Waals surface area contributed by atoms with Crippen LogP contribution in [0.2, 0.25) is 0 Å². The van der Waals surface area contributed by atoms with Gasteiger partial charge in [-0.2, -0.15) is 0 Å². The van der Waals surface area contributed by atoms with Crippen molar-refractivity contribution >= 4 is 21.1 Å². The quantitative estimate of drug-likeness (QED) is 0.147. The second kappa shape index (κ2) is 6.75. The van der Waals surface area contributed by atoms with Crippen LogP contribution < -0.4 is 5.73 Å². The molecule has 0 spiro atoms. The zero-order valence-corrected chi connectivity index (χ0v) is 14.9. The molecule has 12 nitrogen and oxygen atoms in total. The summed E-state index contributed by atoms with van der Waals surface area (Å²) in [5, 5.41) is 16.5. The number of aromatic nitrogens is 2. The fourth-order valence-electron chi connectivity index (χ4n) is 3.08. The molecule has 8 N–H and O–H groups in total. The van der Waals surface area contributed by atoms with E-state index in [9.17, 15) is 34.0 Å². The van der Waals surface area contributed by atoms with Crippen molar-refractivity contribution in [1.29, 1.82) is 0 Å². The summed E-state index contributed by atoms with van der Waals surface area (Å²) >= 11 is 0. The molecule has 3 atom stereocenters. The first-order valence-corrected chi connectivity index (χ1v) is 10.8. The Balaban J connectivity index is 2.49. The van der Waals surface area contributed by atoms with Gasteiger partial charge in [0.25, 0.3) is 0 Å². The summed E-state index contributed by atoms with van der Waals surface area (Å²) in [6, 6.07) is 0. The minimum atomic E-state index is -5.50. The number of imidazole rings is 1. The van der Waals surface area contributed by atoms with Gasteiger partial charge in [-0.15, -0.1) is 0 Å². The van der Waals surface area contributed by atoms with Crippen LogP contribution in [-0.4, -0.2) is 68.2 Å². The maximum atomic E-state index is 12.0. The number of hydrogen-bond donors (Lipinski definition) is 7. The predicted octanol–water partition coefficient (Wildman–Crippen LogP) is -1.81. The van der Waals surface area contributed by atoms with Crippen molar-refractivity contribution in [2.45, 2.75) is 35.7 Å². The van der Waals surface area contributed by atoms with Gasteiger partial charge in [0.05, 0.1) is 0 Å². The number of carbonyl (C=O) groups excluding carboxylic acids is 1. The molecule has 0 saturated heterocycles. The Morgan fingerprint density at radius 1 is 1.52 bits per heavy atom. The average Bonchev–Trinajstić information content (AvgIpc) is 2.97. The molecule has 1 aromatic rings. The average molecular weight is 401 g/mol. The third-order valence-electron chi connectivity index (χ3n) is 4.71. The van der Waals surface area contributed by atoms with Gasteiger partial charge in [-0.05, 0) is 0 Å². The van der Waals surface area contributed by atoms with Gasteiger partial charge in [-0.1, -0.05) is 0 Å². The van der Waals surface area contributed by atoms with E-state index in [2.05, 4.69) is 9.87 Å². The van der Waals surface area contributed by atoms with Crippen LogP contribution in [0.5, 0.6) is 0 Å². The van der Waals surface area contributed by atoms with Gasteiger partial charge in [0.2, 0.25) is 0 Å². The van der Waals surface area contributed by atoms with Crippen molar-refractivity contribution in [3.05, 3.63) is 18.7 Å². The van der Waals surface area contributed by atoms with E-state index >= 15 is 0 Å². The number of Topliss-reactive ketones (excluding diaryl/α,β-unsaturated/α-hetero) is 1. The Morgan fingerprint density at radius 3 is 2.52 bits per heavy atom. The SMILES string of the molecule is NCC(=O)C1(OO)CCC1[PH](O)(O)C(O)(Cn1ccnc1)P(=O)(O)O. The van der Waals surface area contributed by atoms with Gasteiger partial charge in [0.1, 0.15) is 0 Å². The number of carbonyl (C=O) groups is 1. The van der Waals surface area contributed by atoms with Crippen LogP contribution in [0.15, 0.2) is 18.7 Å². The molecule has 25 heavy (non-hydrogen) atoms. The van der Waals surface area contributed by atoms with Crippen molar-refractivity contribution in [3.63, 3.8) is 0 Å². The van der Waals surface area contributed by atoms with Gasteiger partial charge in [-0.25, -0.2) is 0 Å². The fourth-order valence-corrected chi connectivity index (χ4v) is 8.14. The molecule has 1 aliphatic rings. The molecule has 0 aromatic carbocycles. The minimum absolute atomic E-state index is 0.113. The monoisotopic (exact) mass is 401 g/mol. The second-order valence-electron chi connectivity index (χ2n) is 6.02. The van der Waals surface area contributed by atoms with Gasteiger partial charge in [0.15, 0.2) is 0 Å². The molecule has 2 rings (SSSR count). The summed E-state index contributed by atoms with van der Waals surface area (Å²) in [5.41, 5.74) is 1.52. The molecular formula is C11H21N3O9P2. The number of nitrogens with zero attached hydrogens (tertiary/aromatic N) is 2. The Hall–Kier alpha value is -0.780. The molecular weight excluding hydrogens is 380 g/mol. The zero-order valence-electron chi connectivity index (χ0n) is 13.0. The summed E-state index contributed by atoms with van der Waals surface area (Å²) in [4.78, 5) is 60.3. The first kappa shape index (κ1) is 20.5. The van der Waals surface area contributed by atoms with E-state index in [1.807, 2.05) is 0 Å². The molecule has 1 aromatic heterocycles. The van der Waals surface area contributed by atoms with Gasteiger partial charge >= 0.3 is 142 Å². The van der Waals surface area contributed by atoms with Crippen molar-refractivity contribution in [1.82, 2.24) is 9.55 Å². The van der Waals surface area contributed by atoms with Crippen LogP contribution in [0.25, 0.3) is 0 Å². The predicted molar refractivity (Wildman–Crippen MR) is 85.5 cm³/mol. The van der Waals surface area contributed by atoms with E-state index in [4.69, 9.17) is 11.0 Å². The van der Waals surface area contributed by atoms with Crippen LogP contribution in [0, 0.1) is 0 Å². The van der Waals surface area contributed by atoms with E-state index < -0.39 is 50.5 Å². The van der Waals surface area contributed by atoms with Crippen LogP contribution in [-0.2, 0) is 20.8 Å². The van der Waals surface area contributed by atoms with Crippen LogP contribution in [0.4, 0.5) is 0 Å². The van der Waals surface area contributed by atoms with Crippen molar-refractivity contribution in [3.8, 4) is 0 Å². The molecule has 0 aliphatic heterocycles. The number of hydrogen-bond acceptors (Lipinski definition) is 9. The Morgan fingerprint density at radius 2 is 2.16 bits per heavy atom. The molecule has 1 fully saturated rings. The molecule has 0 bridgehead atoms. The molecule has 1 saturated carbocycles. The third-order valence-corrected chi connectivity index (χ3v) is 10.7. The second-order valence-corrected chi connectivity index (χ2v) is 11.2. The summed E-state index contributed by atoms with van der Waals surface area (Å²) in [7, 11) is -10.8. The van der Waals surface area contributed by atoms with E-state index in [0.717, 1.165) is 10.9 Å². The van der Waals surface area contributed by atoms with Gasteiger partial charge in [-0.3, -0.25) is 0 Å². The van der Waals surface area contributed by atoms with Crippen molar-refractivity contribution in [2.75, 3.05) is 6.54 Å².